The van der Waals surface area contributed by atoms with Crippen molar-refractivity contribution < 1.29 is 14.3 Å². The Bertz CT molecular complexity index is 430. The maximum absolute atomic E-state index is 11.8. The van der Waals surface area contributed by atoms with Crippen molar-refractivity contribution in [3.63, 3.8) is 0 Å². The molecule has 1 aromatic heterocycles. The van der Waals surface area contributed by atoms with E-state index in [1.165, 1.54) is 6.42 Å². The Kier molecular flexibility index (Phi) is 4.30. The van der Waals surface area contributed by atoms with Crippen LogP contribution in [0.25, 0.3) is 0 Å². The number of hydrogen-bond acceptors (Lipinski definition) is 3. The normalized spacial score (nSPS) is 27.2. The van der Waals surface area contributed by atoms with E-state index >= 15 is 0 Å². The summed E-state index contributed by atoms with van der Waals surface area (Å²) >= 11 is 0. The zero-order chi connectivity index (χ0) is 13.9. The van der Waals surface area contributed by atoms with E-state index in [0.717, 1.165) is 31.6 Å². The van der Waals surface area contributed by atoms with Crippen molar-refractivity contribution in [3.05, 3.63) is 23.7 Å². The first-order chi connectivity index (χ1) is 9.02. The van der Waals surface area contributed by atoms with Crippen LogP contribution in [-0.2, 0) is 0 Å². The van der Waals surface area contributed by atoms with E-state index in [4.69, 9.17) is 4.42 Å². The molecule has 0 aromatic carbocycles. The molecule has 0 spiro atoms. The third kappa shape index (κ3) is 3.60. The van der Waals surface area contributed by atoms with Crippen LogP contribution in [0.2, 0.25) is 0 Å². The Hall–Kier alpha value is -1.29. The van der Waals surface area contributed by atoms with Crippen molar-refractivity contribution in [2.45, 2.75) is 51.6 Å². The number of rotatable bonds is 4. The molecule has 1 aromatic rings. The van der Waals surface area contributed by atoms with Crippen LogP contribution in [0.5, 0.6) is 0 Å². The number of aryl methyl sites for hydroxylation is 1. The summed E-state index contributed by atoms with van der Waals surface area (Å²) < 4.78 is 5.26. The van der Waals surface area contributed by atoms with Gasteiger partial charge in [-0.3, -0.25) is 4.79 Å². The molecule has 0 bridgehead atoms. The number of amides is 1. The second kappa shape index (κ2) is 5.78. The maximum atomic E-state index is 11.8. The van der Waals surface area contributed by atoms with Gasteiger partial charge in [-0.2, -0.15) is 0 Å². The Labute approximate surface area is 114 Å². The van der Waals surface area contributed by atoms with Gasteiger partial charge in [0.25, 0.3) is 5.91 Å². The third-order valence-electron chi connectivity index (χ3n) is 4.16. The Morgan fingerprint density at radius 2 is 2.16 bits per heavy atom. The summed E-state index contributed by atoms with van der Waals surface area (Å²) in [5.74, 6) is 1.50. The molecule has 1 aliphatic rings. The van der Waals surface area contributed by atoms with Gasteiger partial charge in [0, 0.05) is 6.54 Å². The minimum atomic E-state index is -0.747. The lowest BCUT2D eigenvalue weighted by Gasteiger charge is -2.35. The summed E-state index contributed by atoms with van der Waals surface area (Å²) in [6.45, 7) is 4.30. The average Bonchev–Trinajstić information content (AvgIpc) is 2.84. The van der Waals surface area contributed by atoms with Crippen molar-refractivity contribution in [2.24, 2.45) is 5.92 Å². The SMILES string of the molecule is CCC1CCC(O)(CNC(=O)c2ccc(C)o2)CC1. The molecule has 2 rings (SSSR count). The summed E-state index contributed by atoms with van der Waals surface area (Å²) in [6, 6.07) is 3.42. The van der Waals surface area contributed by atoms with Gasteiger partial charge in [-0.05, 0) is 50.7 Å². The lowest BCUT2D eigenvalue weighted by Crippen LogP contribution is -2.45. The van der Waals surface area contributed by atoms with Crippen molar-refractivity contribution in [3.8, 4) is 0 Å². The zero-order valence-corrected chi connectivity index (χ0v) is 11.7. The number of aliphatic hydroxyl groups is 1. The number of nitrogens with one attached hydrogen (secondary N) is 1. The quantitative estimate of drug-likeness (QED) is 0.879. The van der Waals surface area contributed by atoms with E-state index in [9.17, 15) is 9.90 Å². The molecule has 4 heteroatoms. The van der Waals surface area contributed by atoms with Crippen LogP contribution < -0.4 is 5.32 Å². The Balaban J connectivity index is 1.83. The van der Waals surface area contributed by atoms with Crippen LogP contribution in [0.1, 0.15) is 55.3 Å². The smallest absolute Gasteiger partial charge is 0.287 e. The second-order valence-corrected chi connectivity index (χ2v) is 5.67. The fraction of sp³-hybridized carbons (Fsp3) is 0.667. The van der Waals surface area contributed by atoms with E-state index in [2.05, 4.69) is 12.2 Å². The van der Waals surface area contributed by atoms with Gasteiger partial charge in [-0.1, -0.05) is 13.3 Å². The number of carbonyl (C=O) groups excluding carboxylic acids is 1. The molecule has 1 saturated carbocycles. The summed E-state index contributed by atoms with van der Waals surface area (Å²) in [4.78, 5) is 11.8. The van der Waals surface area contributed by atoms with Gasteiger partial charge in [0.05, 0.1) is 5.60 Å². The van der Waals surface area contributed by atoms with Crippen molar-refractivity contribution in [1.29, 1.82) is 0 Å². The van der Waals surface area contributed by atoms with Crippen LogP contribution in [-0.4, -0.2) is 23.2 Å². The largest absolute Gasteiger partial charge is 0.456 e. The third-order valence-corrected chi connectivity index (χ3v) is 4.16. The highest BCUT2D eigenvalue weighted by Crippen LogP contribution is 2.33. The summed E-state index contributed by atoms with van der Waals surface area (Å²) in [5, 5.41) is 13.2. The highest BCUT2D eigenvalue weighted by Gasteiger charge is 2.33. The average molecular weight is 265 g/mol. The minimum Gasteiger partial charge on any atom is -0.456 e. The predicted molar refractivity (Wildman–Crippen MR) is 73.0 cm³/mol. The topological polar surface area (TPSA) is 62.5 Å². The van der Waals surface area contributed by atoms with Gasteiger partial charge >= 0.3 is 0 Å². The fourth-order valence-corrected chi connectivity index (χ4v) is 2.69. The van der Waals surface area contributed by atoms with Crippen molar-refractivity contribution in [2.75, 3.05) is 6.54 Å². The highest BCUT2D eigenvalue weighted by atomic mass is 16.3. The van der Waals surface area contributed by atoms with Crippen molar-refractivity contribution in [1.82, 2.24) is 5.32 Å². The molecular formula is C15H23NO3. The Morgan fingerprint density at radius 3 is 2.68 bits per heavy atom. The number of furan rings is 1. The minimum absolute atomic E-state index is 0.251. The summed E-state index contributed by atoms with van der Waals surface area (Å²) in [5.41, 5.74) is -0.747. The molecule has 0 unspecified atom stereocenters. The molecule has 1 amide bonds. The molecule has 0 aliphatic heterocycles. The molecule has 4 nitrogen and oxygen atoms in total. The molecule has 2 N–H and O–H groups in total. The molecule has 1 fully saturated rings. The number of hydrogen-bond donors (Lipinski definition) is 2. The molecule has 19 heavy (non-hydrogen) atoms. The van der Waals surface area contributed by atoms with E-state index in [1.54, 1.807) is 19.1 Å². The van der Waals surface area contributed by atoms with Crippen LogP contribution in [0.15, 0.2) is 16.5 Å². The summed E-state index contributed by atoms with van der Waals surface area (Å²) in [7, 11) is 0. The van der Waals surface area contributed by atoms with Crippen LogP contribution in [0.3, 0.4) is 0 Å². The van der Waals surface area contributed by atoms with Gasteiger partial charge in [0.15, 0.2) is 5.76 Å². The standard InChI is InChI=1S/C15H23NO3/c1-3-12-6-8-15(18,9-7-12)10-16-14(17)13-5-4-11(2)19-13/h4-5,12,18H,3,6-10H2,1-2H3,(H,16,17). The van der Waals surface area contributed by atoms with Gasteiger partial charge in [0.1, 0.15) is 5.76 Å². The summed E-state index contributed by atoms with van der Waals surface area (Å²) in [6.07, 6.45) is 4.80. The molecule has 0 radical (unpaired) electrons. The van der Waals surface area contributed by atoms with E-state index in [0.29, 0.717) is 18.1 Å². The first-order valence-electron chi connectivity index (χ1n) is 7.09. The van der Waals surface area contributed by atoms with Crippen LogP contribution >= 0.6 is 0 Å². The molecular weight excluding hydrogens is 242 g/mol. The second-order valence-electron chi connectivity index (χ2n) is 5.67. The number of carbonyl (C=O) groups is 1. The van der Waals surface area contributed by atoms with E-state index in [-0.39, 0.29) is 5.91 Å². The molecule has 1 heterocycles. The van der Waals surface area contributed by atoms with Gasteiger partial charge < -0.3 is 14.8 Å². The van der Waals surface area contributed by atoms with Crippen LogP contribution in [0.4, 0.5) is 0 Å². The predicted octanol–water partition coefficient (Wildman–Crippen LogP) is 2.65. The van der Waals surface area contributed by atoms with Crippen molar-refractivity contribution >= 4 is 5.91 Å². The molecule has 1 aliphatic carbocycles. The highest BCUT2D eigenvalue weighted by molar-refractivity contribution is 5.91. The maximum Gasteiger partial charge on any atom is 0.287 e. The first kappa shape index (κ1) is 14.1. The lowest BCUT2D eigenvalue weighted by molar-refractivity contribution is -0.00804. The molecule has 0 atom stereocenters. The molecule has 0 saturated heterocycles. The van der Waals surface area contributed by atoms with Crippen LogP contribution in [0, 0.1) is 12.8 Å². The van der Waals surface area contributed by atoms with Gasteiger partial charge in [0.2, 0.25) is 0 Å². The molecule has 106 valence electrons. The first-order valence-corrected chi connectivity index (χ1v) is 7.09. The zero-order valence-electron chi connectivity index (χ0n) is 11.7. The monoisotopic (exact) mass is 265 g/mol. The Morgan fingerprint density at radius 1 is 1.47 bits per heavy atom. The van der Waals surface area contributed by atoms with Gasteiger partial charge in [-0.15, -0.1) is 0 Å². The van der Waals surface area contributed by atoms with E-state index in [1.807, 2.05) is 0 Å². The lowest BCUT2D eigenvalue weighted by atomic mass is 9.78. The van der Waals surface area contributed by atoms with Gasteiger partial charge in [-0.25, -0.2) is 0 Å². The fourth-order valence-electron chi connectivity index (χ4n) is 2.69. The van der Waals surface area contributed by atoms with E-state index < -0.39 is 5.60 Å².